The lowest BCUT2D eigenvalue weighted by molar-refractivity contribution is -0.137. The molecule has 1 N–H and O–H groups in total. The normalized spacial score (nSPS) is 17.2. The lowest BCUT2D eigenvalue weighted by atomic mass is 9.64. The molecule has 0 saturated carbocycles. The van der Waals surface area contributed by atoms with Gasteiger partial charge in [0.1, 0.15) is 0 Å². The van der Waals surface area contributed by atoms with Crippen molar-refractivity contribution >= 4 is 22.0 Å². The molecule has 0 radical (unpaired) electrons. The second-order valence-corrected chi connectivity index (χ2v) is 8.32. The molecule has 0 bridgehead atoms. The molecule has 2 aromatic carbocycles. The highest BCUT2D eigenvalue weighted by Crippen LogP contribution is 2.43. The van der Waals surface area contributed by atoms with Crippen LogP contribution in [0.25, 0.3) is 0 Å². The molecule has 0 aromatic heterocycles. The summed E-state index contributed by atoms with van der Waals surface area (Å²) in [7, 11) is 0. The molecule has 8 heteroatoms. The summed E-state index contributed by atoms with van der Waals surface area (Å²) in [6.07, 6.45) is -4.22. The first-order valence-corrected chi connectivity index (χ1v) is 10.3. The number of rotatable bonds is 4. The van der Waals surface area contributed by atoms with Crippen LogP contribution in [0.4, 0.5) is 18.0 Å². The summed E-state index contributed by atoms with van der Waals surface area (Å²) in [5.41, 5.74) is -0.444. The molecule has 4 nitrogen and oxygen atoms in total. The first-order chi connectivity index (χ1) is 14.2. The van der Waals surface area contributed by atoms with Crippen LogP contribution >= 0.6 is 15.9 Å². The number of hydrogen-bond acceptors (Lipinski definition) is 2. The van der Waals surface area contributed by atoms with Crippen LogP contribution in [0.3, 0.4) is 0 Å². The number of amides is 1. The van der Waals surface area contributed by atoms with Gasteiger partial charge < -0.3 is 10.0 Å². The zero-order valence-electron chi connectivity index (χ0n) is 16.0. The van der Waals surface area contributed by atoms with Crippen molar-refractivity contribution in [2.45, 2.75) is 30.9 Å². The van der Waals surface area contributed by atoms with Crippen LogP contribution in [0.2, 0.25) is 0 Å². The molecule has 0 spiro atoms. The highest BCUT2D eigenvalue weighted by atomic mass is 79.9. The van der Waals surface area contributed by atoms with Gasteiger partial charge in [0, 0.05) is 17.6 Å². The Balaban J connectivity index is 2.03. The smallest absolute Gasteiger partial charge is 0.416 e. The number of halogens is 4. The van der Waals surface area contributed by atoms with E-state index in [0.717, 1.165) is 22.2 Å². The Hall–Kier alpha value is -2.53. The van der Waals surface area contributed by atoms with Gasteiger partial charge in [-0.05, 0) is 54.5 Å². The molecule has 1 aliphatic heterocycles. The predicted octanol–water partition coefficient (Wildman–Crippen LogP) is 5.86. The maximum absolute atomic E-state index is 13.0. The van der Waals surface area contributed by atoms with E-state index >= 15 is 0 Å². The van der Waals surface area contributed by atoms with E-state index < -0.39 is 23.2 Å². The van der Waals surface area contributed by atoms with Gasteiger partial charge in [-0.15, -0.1) is 0 Å². The van der Waals surface area contributed by atoms with Gasteiger partial charge in [-0.3, -0.25) is 0 Å². The Morgan fingerprint density at radius 3 is 2.17 bits per heavy atom. The van der Waals surface area contributed by atoms with Crippen molar-refractivity contribution in [2.75, 3.05) is 13.1 Å². The van der Waals surface area contributed by atoms with E-state index in [9.17, 15) is 28.3 Å². The quantitative estimate of drug-likeness (QED) is 0.595. The summed E-state index contributed by atoms with van der Waals surface area (Å²) >= 11 is 3.50. The van der Waals surface area contributed by atoms with Crippen LogP contribution in [0.15, 0.2) is 53.0 Å². The van der Waals surface area contributed by atoms with Crippen LogP contribution in [0.5, 0.6) is 0 Å². The van der Waals surface area contributed by atoms with Crippen molar-refractivity contribution in [1.82, 2.24) is 4.90 Å². The lowest BCUT2D eigenvalue weighted by Crippen LogP contribution is -2.45. The molecule has 2 aromatic rings. The summed E-state index contributed by atoms with van der Waals surface area (Å²) in [6, 6.07) is 14.6. The summed E-state index contributed by atoms with van der Waals surface area (Å²) in [5.74, 6) is -0.193. The number of carbonyl (C=O) groups is 1. The summed E-state index contributed by atoms with van der Waals surface area (Å²) in [4.78, 5) is 12.6. The maximum atomic E-state index is 13.0. The Morgan fingerprint density at radius 1 is 1.10 bits per heavy atom. The average molecular weight is 481 g/mol. The molecule has 3 rings (SSSR count). The largest absolute Gasteiger partial charge is 0.465 e. The minimum Gasteiger partial charge on any atom is -0.465 e. The Bertz CT molecular complexity index is 948. The molecule has 30 heavy (non-hydrogen) atoms. The fraction of sp³-hybridized carbons (Fsp3) is 0.364. The average Bonchev–Trinajstić information content (AvgIpc) is 2.73. The van der Waals surface area contributed by atoms with Gasteiger partial charge in [0.15, 0.2) is 0 Å². The molecule has 0 aliphatic carbocycles. The number of nitrogens with zero attached hydrogens (tertiary/aromatic N) is 2. The highest BCUT2D eigenvalue weighted by molar-refractivity contribution is 9.10. The minimum atomic E-state index is -4.46. The molecule has 1 aliphatic rings. The van der Waals surface area contributed by atoms with Crippen molar-refractivity contribution in [3.63, 3.8) is 0 Å². The van der Waals surface area contributed by atoms with E-state index in [1.165, 1.54) is 17.0 Å². The van der Waals surface area contributed by atoms with Crippen molar-refractivity contribution < 1.29 is 23.1 Å². The van der Waals surface area contributed by atoms with E-state index in [0.29, 0.717) is 37.9 Å². The minimum absolute atomic E-state index is 0.193. The van der Waals surface area contributed by atoms with Crippen LogP contribution in [-0.2, 0) is 18.0 Å². The maximum Gasteiger partial charge on any atom is 0.416 e. The van der Waals surface area contributed by atoms with E-state index in [-0.39, 0.29) is 5.92 Å². The number of hydrogen-bond donors (Lipinski definition) is 1. The lowest BCUT2D eigenvalue weighted by Gasteiger charge is -2.41. The van der Waals surface area contributed by atoms with E-state index in [1.807, 2.05) is 24.3 Å². The SMILES string of the molecule is N#CC(Cc1ccccc1Br)(c1ccc(C(F)(F)F)cc1)C1CCN(C(=O)O)CC1. The number of carboxylic acid groups (broad SMARTS) is 1. The van der Waals surface area contributed by atoms with Crippen LogP contribution in [0, 0.1) is 17.2 Å². The third-order valence-electron chi connectivity index (χ3n) is 5.82. The summed E-state index contributed by atoms with van der Waals surface area (Å²) < 4.78 is 39.9. The number of nitriles is 1. The van der Waals surface area contributed by atoms with Gasteiger partial charge in [0.25, 0.3) is 0 Å². The van der Waals surface area contributed by atoms with Gasteiger partial charge >= 0.3 is 12.3 Å². The first-order valence-electron chi connectivity index (χ1n) is 9.47. The van der Waals surface area contributed by atoms with Crippen LogP contribution < -0.4 is 0 Å². The van der Waals surface area contributed by atoms with E-state index in [2.05, 4.69) is 22.0 Å². The van der Waals surface area contributed by atoms with Crippen molar-refractivity contribution in [3.8, 4) is 6.07 Å². The second-order valence-electron chi connectivity index (χ2n) is 7.47. The molecular formula is C22H20BrF3N2O2. The predicted molar refractivity (Wildman–Crippen MR) is 109 cm³/mol. The van der Waals surface area contributed by atoms with Gasteiger partial charge in [-0.25, -0.2) is 4.79 Å². The Kier molecular flexibility index (Phi) is 6.41. The van der Waals surface area contributed by atoms with Gasteiger partial charge in [-0.2, -0.15) is 18.4 Å². The molecule has 1 amide bonds. The summed E-state index contributed by atoms with van der Waals surface area (Å²) in [6.45, 7) is 0.583. The summed E-state index contributed by atoms with van der Waals surface area (Å²) in [5, 5.41) is 19.5. The molecule has 1 atom stereocenters. The van der Waals surface area contributed by atoms with Crippen LogP contribution in [0.1, 0.15) is 29.5 Å². The highest BCUT2D eigenvalue weighted by Gasteiger charge is 2.43. The van der Waals surface area contributed by atoms with Crippen molar-refractivity contribution in [1.29, 1.82) is 5.26 Å². The molecule has 158 valence electrons. The molecular weight excluding hydrogens is 461 g/mol. The number of benzene rings is 2. The van der Waals surface area contributed by atoms with E-state index in [4.69, 9.17) is 0 Å². The van der Waals surface area contributed by atoms with Crippen LogP contribution in [-0.4, -0.2) is 29.2 Å². The third-order valence-corrected chi connectivity index (χ3v) is 6.59. The molecule has 1 fully saturated rings. The standard InChI is InChI=1S/C22H20BrF3N2O2/c23-19-4-2-1-3-15(19)13-21(14-27,17-9-11-28(12-10-17)20(29)30)16-5-7-18(8-6-16)22(24,25)26/h1-8,17H,9-13H2,(H,29,30). The molecule has 1 unspecified atom stereocenters. The van der Waals surface area contributed by atoms with Gasteiger partial charge in [0.2, 0.25) is 0 Å². The fourth-order valence-corrected chi connectivity index (χ4v) is 4.56. The van der Waals surface area contributed by atoms with E-state index in [1.54, 1.807) is 0 Å². The zero-order chi connectivity index (χ0) is 21.9. The second kappa shape index (κ2) is 8.68. The Morgan fingerprint density at radius 2 is 1.67 bits per heavy atom. The van der Waals surface area contributed by atoms with Crippen molar-refractivity contribution in [2.24, 2.45) is 5.92 Å². The fourth-order valence-electron chi connectivity index (χ4n) is 4.14. The van der Waals surface area contributed by atoms with Gasteiger partial charge in [0.05, 0.1) is 17.0 Å². The third kappa shape index (κ3) is 4.46. The molecule has 1 saturated heterocycles. The Labute approximate surface area is 181 Å². The number of alkyl halides is 3. The molecule has 1 heterocycles. The topological polar surface area (TPSA) is 64.3 Å². The monoisotopic (exact) mass is 480 g/mol. The van der Waals surface area contributed by atoms with Crippen molar-refractivity contribution in [3.05, 3.63) is 69.7 Å². The van der Waals surface area contributed by atoms with Gasteiger partial charge in [-0.1, -0.05) is 46.3 Å². The number of likely N-dealkylation sites (tertiary alicyclic amines) is 1. The number of piperidine rings is 1. The first kappa shape index (κ1) is 22.2. The zero-order valence-corrected chi connectivity index (χ0v) is 17.6.